The van der Waals surface area contributed by atoms with Crippen molar-refractivity contribution in [3.8, 4) is 11.1 Å². The number of carbonyl (C=O) groups excluding carboxylic acids is 1. The Morgan fingerprint density at radius 1 is 1.13 bits per heavy atom. The number of nitrogens with one attached hydrogen (secondary N) is 1. The molecule has 3 N–H and O–H groups in total. The Bertz CT molecular complexity index is 1250. The zero-order chi connectivity index (χ0) is 21.4. The smallest absolute Gasteiger partial charge is 0.258 e. The third kappa shape index (κ3) is 3.85. The first-order chi connectivity index (χ1) is 15.1. The van der Waals surface area contributed by atoms with Gasteiger partial charge in [-0.1, -0.05) is 35.9 Å². The first-order valence-corrected chi connectivity index (χ1v) is 10.5. The lowest BCUT2D eigenvalue weighted by Crippen LogP contribution is -2.27. The van der Waals surface area contributed by atoms with E-state index in [1.54, 1.807) is 23.1 Å². The number of hydrogen-bond donors (Lipinski definition) is 2. The van der Waals surface area contributed by atoms with Crippen LogP contribution in [0, 0.1) is 0 Å². The highest BCUT2D eigenvalue weighted by Gasteiger charge is 2.22. The van der Waals surface area contributed by atoms with Crippen LogP contribution in [0.25, 0.3) is 16.8 Å². The van der Waals surface area contributed by atoms with Gasteiger partial charge in [-0.2, -0.15) is 5.10 Å². The summed E-state index contributed by atoms with van der Waals surface area (Å²) in [4.78, 5) is 19.6. The van der Waals surface area contributed by atoms with Crippen molar-refractivity contribution in [3.63, 3.8) is 0 Å². The molecular weight excluding hydrogens is 412 g/mol. The van der Waals surface area contributed by atoms with Crippen LogP contribution < -0.4 is 16.0 Å². The molecule has 2 aromatic heterocycles. The standard InChI is InChI=1S/C23H21ClN6O/c24-17-7-5-15(6-8-17)19-12-27-30-13-16(11-26-22(19)30)23(31)28-20-3-1-2-4-21(20)29-10-9-18(25)14-29/h1-8,11-13,18H,9-10,14,25H2,(H,28,31)/t18-/m1/s1. The molecule has 8 heteroatoms. The maximum atomic E-state index is 13.0. The topological polar surface area (TPSA) is 88.5 Å². The van der Waals surface area contributed by atoms with Crippen LogP contribution in [0.4, 0.5) is 11.4 Å². The van der Waals surface area contributed by atoms with Gasteiger partial charge < -0.3 is 16.0 Å². The molecule has 0 unspecified atom stereocenters. The van der Waals surface area contributed by atoms with Crippen LogP contribution in [0.15, 0.2) is 67.1 Å². The average molecular weight is 433 g/mol. The van der Waals surface area contributed by atoms with E-state index in [9.17, 15) is 4.79 Å². The summed E-state index contributed by atoms with van der Waals surface area (Å²) in [5, 5.41) is 8.06. The Balaban J connectivity index is 1.41. The number of benzene rings is 2. The molecule has 1 aliphatic rings. The van der Waals surface area contributed by atoms with Crippen molar-refractivity contribution in [2.45, 2.75) is 12.5 Å². The van der Waals surface area contributed by atoms with E-state index in [1.165, 1.54) is 0 Å². The zero-order valence-corrected chi connectivity index (χ0v) is 17.5. The van der Waals surface area contributed by atoms with Gasteiger partial charge in [0, 0.05) is 42.1 Å². The van der Waals surface area contributed by atoms with Gasteiger partial charge in [0.05, 0.1) is 23.1 Å². The van der Waals surface area contributed by atoms with Gasteiger partial charge in [-0.05, 0) is 36.2 Å². The largest absolute Gasteiger partial charge is 0.368 e. The summed E-state index contributed by atoms with van der Waals surface area (Å²) >= 11 is 5.98. The normalized spacial score (nSPS) is 16.1. The van der Waals surface area contributed by atoms with Crippen molar-refractivity contribution in [1.82, 2.24) is 14.6 Å². The fourth-order valence-electron chi connectivity index (χ4n) is 3.88. The van der Waals surface area contributed by atoms with Gasteiger partial charge in [-0.25, -0.2) is 9.50 Å². The molecule has 0 radical (unpaired) electrons. The van der Waals surface area contributed by atoms with Crippen molar-refractivity contribution >= 4 is 34.5 Å². The molecule has 1 atom stereocenters. The molecule has 0 bridgehead atoms. The number of nitrogens with zero attached hydrogens (tertiary/aromatic N) is 4. The number of rotatable bonds is 4. The first kappa shape index (κ1) is 19.5. The lowest BCUT2D eigenvalue weighted by atomic mass is 10.1. The fraction of sp³-hybridized carbons (Fsp3) is 0.174. The molecule has 0 saturated carbocycles. The minimum Gasteiger partial charge on any atom is -0.368 e. The highest BCUT2D eigenvalue weighted by molar-refractivity contribution is 6.30. The van der Waals surface area contributed by atoms with Crippen molar-refractivity contribution in [2.24, 2.45) is 5.73 Å². The summed E-state index contributed by atoms with van der Waals surface area (Å²) in [6, 6.07) is 15.4. The van der Waals surface area contributed by atoms with E-state index in [2.05, 4.69) is 20.3 Å². The van der Waals surface area contributed by atoms with Gasteiger partial charge in [0.2, 0.25) is 0 Å². The lowest BCUT2D eigenvalue weighted by molar-refractivity contribution is 0.102. The highest BCUT2D eigenvalue weighted by Crippen LogP contribution is 2.29. The molecule has 3 heterocycles. The number of nitrogens with two attached hydrogens (primary N) is 1. The molecule has 1 aliphatic heterocycles. The van der Waals surface area contributed by atoms with Crippen molar-refractivity contribution in [1.29, 1.82) is 0 Å². The second-order valence-corrected chi connectivity index (χ2v) is 8.08. The van der Waals surface area contributed by atoms with Crippen molar-refractivity contribution in [2.75, 3.05) is 23.3 Å². The quantitative estimate of drug-likeness (QED) is 0.511. The predicted molar refractivity (Wildman–Crippen MR) is 123 cm³/mol. The Hall–Kier alpha value is -3.42. The summed E-state index contributed by atoms with van der Waals surface area (Å²) in [5.74, 6) is -0.242. The Morgan fingerprint density at radius 3 is 2.71 bits per heavy atom. The van der Waals surface area contributed by atoms with Crippen molar-refractivity contribution < 1.29 is 4.79 Å². The maximum absolute atomic E-state index is 13.0. The van der Waals surface area contributed by atoms with Gasteiger partial charge in [-0.3, -0.25) is 4.79 Å². The van der Waals surface area contributed by atoms with E-state index in [0.29, 0.717) is 16.2 Å². The van der Waals surface area contributed by atoms with E-state index in [0.717, 1.165) is 42.0 Å². The molecule has 1 saturated heterocycles. The Morgan fingerprint density at radius 2 is 1.94 bits per heavy atom. The lowest BCUT2D eigenvalue weighted by Gasteiger charge is -2.21. The highest BCUT2D eigenvalue weighted by atomic mass is 35.5. The fourth-order valence-corrected chi connectivity index (χ4v) is 4.01. The third-order valence-corrected chi connectivity index (χ3v) is 5.74. The van der Waals surface area contributed by atoms with Crippen LogP contribution >= 0.6 is 11.6 Å². The zero-order valence-electron chi connectivity index (χ0n) is 16.7. The summed E-state index contributed by atoms with van der Waals surface area (Å²) in [5.41, 5.74) is 10.7. The van der Waals surface area contributed by atoms with E-state index in [-0.39, 0.29) is 11.9 Å². The average Bonchev–Trinajstić information content (AvgIpc) is 3.40. The Kier molecular flexibility index (Phi) is 5.05. The molecule has 7 nitrogen and oxygen atoms in total. The van der Waals surface area contributed by atoms with Crippen LogP contribution in [-0.4, -0.2) is 39.6 Å². The molecule has 1 amide bonds. The van der Waals surface area contributed by atoms with Crippen LogP contribution in [0.1, 0.15) is 16.8 Å². The summed E-state index contributed by atoms with van der Waals surface area (Å²) < 4.78 is 1.62. The number of fused-ring (bicyclic) bond motifs is 1. The Labute approximate surface area is 184 Å². The minimum absolute atomic E-state index is 0.157. The summed E-state index contributed by atoms with van der Waals surface area (Å²) in [6.45, 7) is 1.66. The monoisotopic (exact) mass is 432 g/mol. The molecule has 0 spiro atoms. The van der Waals surface area contributed by atoms with Crippen LogP contribution in [-0.2, 0) is 0 Å². The number of para-hydroxylation sites is 2. The van der Waals surface area contributed by atoms with Crippen LogP contribution in [0.2, 0.25) is 5.02 Å². The minimum atomic E-state index is -0.242. The molecule has 1 fully saturated rings. The number of aromatic nitrogens is 3. The number of anilines is 2. The molecule has 31 heavy (non-hydrogen) atoms. The van der Waals surface area contributed by atoms with E-state index < -0.39 is 0 Å². The third-order valence-electron chi connectivity index (χ3n) is 5.49. The molecule has 2 aromatic carbocycles. The molecular formula is C23H21ClN6O. The van der Waals surface area contributed by atoms with Gasteiger partial charge in [0.1, 0.15) is 0 Å². The second kappa shape index (κ2) is 8.02. The maximum Gasteiger partial charge on any atom is 0.258 e. The predicted octanol–water partition coefficient (Wildman–Crippen LogP) is 3.84. The van der Waals surface area contributed by atoms with Gasteiger partial charge in [0.15, 0.2) is 5.65 Å². The molecule has 156 valence electrons. The number of carbonyl (C=O) groups is 1. The number of hydrogen-bond acceptors (Lipinski definition) is 5. The molecule has 0 aliphatic carbocycles. The van der Waals surface area contributed by atoms with E-state index >= 15 is 0 Å². The number of amides is 1. The van der Waals surface area contributed by atoms with Crippen LogP contribution in [0.3, 0.4) is 0 Å². The first-order valence-electron chi connectivity index (χ1n) is 10.1. The SMILES string of the molecule is N[C@@H]1CCN(c2ccccc2NC(=O)c2cnc3c(-c4ccc(Cl)cc4)cnn3c2)C1. The van der Waals surface area contributed by atoms with Crippen LogP contribution in [0.5, 0.6) is 0 Å². The second-order valence-electron chi connectivity index (χ2n) is 7.64. The summed E-state index contributed by atoms with van der Waals surface area (Å²) in [7, 11) is 0. The van der Waals surface area contributed by atoms with Gasteiger partial charge in [0.25, 0.3) is 5.91 Å². The van der Waals surface area contributed by atoms with Crippen molar-refractivity contribution in [3.05, 3.63) is 77.7 Å². The van der Waals surface area contributed by atoms with Gasteiger partial charge in [-0.15, -0.1) is 0 Å². The van der Waals surface area contributed by atoms with E-state index in [4.69, 9.17) is 17.3 Å². The van der Waals surface area contributed by atoms with Gasteiger partial charge >= 0.3 is 0 Å². The molecule has 5 rings (SSSR count). The van der Waals surface area contributed by atoms with E-state index in [1.807, 2.05) is 48.5 Å². The molecule has 4 aromatic rings. The summed E-state index contributed by atoms with van der Waals surface area (Å²) in [6.07, 6.45) is 5.93. The number of halogens is 1.